The van der Waals surface area contributed by atoms with Gasteiger partial charge in [0.2, 0.25) is 0 Å². The number of fused-ring (bicyclic) bond motifs is 1. The molecule has 3 rings (SSSR count). The number of rotatable bonds is 1. The number of nitrogens with zero attached hydrogens (tertiary/aromatic N) is 1. The first-order valence-corrected chi connectivity index (χ1v) is 8.29. The van der Waals surface area contributed by atoms with E-state index in [-0.39, 0.29) is 23.9 Å². The van der Waals surface area contributed by atoms with Gasteiger partial charge in [0.15, 0.2) is 0 Å². The Balaban J connectivity index is 2.09. The molecule has 1 unspecified atom stereocenters. The van der Waals surface area contributed by atoms with Crippen molar-refractivity contribution in [2.24, 2.45) is 0 Å². The number of amides is 1. The van der Waals surface area contributed by atoms with Gasteiger partial charge in [0, 0.05) is 11.2 Å². The van der Waals surface area contributed by atoms with Gasteiger partial charge in [-0.05, 0) is 55.9 Å². The maximum Gasteiger partial charge on any atom is 0.397 e. The van der Waals surface area contributed by atoms with Crippen LogP contribution < -0.4 is 4.90 Å². The molecule has 0 saturated heterocycles. The van der Waals surface area contributed by atoms with E-state index in [0.29, 0.717) is 5.69 Å². The van der Waals surface area contributed by atoms with Gasteiger partial charge in [-0.1, -0.05) is 19.8 Å². The predicted octanol–water partition coefficient (Wildman–Crippen LogP) is 3.54. The Morgan fingerprint density at radius 2 is 2.04 bits per heavy atom. The zero-order valence-electron chi connectivity index (χ0n) is 13.6. The third-order valence-electron chi connectivity index (χ3n) is 5.11. The van der Waals surface area contributed by atoms with E-state index >= 15 is 0 Å². The summed E-state index contributed by atoms with van der Waals surface area (Å²) in [6.45, 7) is 3.90. The number of esters is 1. The number of carbonyl (C=O) groups is 2. The van der Waals surface area contributed by atoms with Crippen LogP contribution in [0.25, 0.3) is 0 Å². The zero-order chi connectivity index (χ0) is 16.6. The Labute approximate surface area is 135 Å². The lowest BCUT2D eigenvalue weighted by Gasteiger charge is -2.47. The average molecular weight is 319 g/mol. The molecule has 1 amide bonds. The summed E-state index contributed by atoms with van der Waals surface area (Å²) in [5.41, 5.74) is 1.11. The van der Waals surface area contributed by atoms with Gasteiger partial charge in [-0.2, -0.15) is 0 Å². The van der Waals surface area contributed by atoms with E-state index in [0.717, 1.165) is 37.7 Å². The predicted molar refractivity (Wildman–Crippen MR) is 84.8 cm³/mol. The molecule has 4 nitrogen and oxygen atoms in total. The summed E-state index contributed by atoms with van der Waals surface area (Å²) < 4.78 is 18.6. The van der Waals surface area contributed by atoms with Crippen molar-refractivity contribution >= 4 is 17.6 Å². The lowest BCUT2D eigenvalue weighted by Crippen LogP contribution is -2.56. The van der Waals surface area contributed by atoms with E-state index < -0.39 is 11.9 Å². The second-order valence-electron chi connectivity index (χ2n) is 6.60. The van der Waals surface area contributed by atoms with Crippen molar-refractivity contribution in [3.63, 3.8) is 0 Å². The van der Waals surface area contributed by atoms with Gasteiger partial charge in [0.25, 0.3) is 0 Å². The third kappa shape index (κ3) is 2.62. The molecule has 1 heterocycles. The fourth-order valence-electron chi connectivity index (χ4n) is 4.22. The molecule has 0 radical (unpaired) electrons. The minimum Gasteiger partial charge on any atom is -0.459 e. The number of carbonyl (C=O) groups excluding carboxylic acids is 2. The molecule has 124 valence electrons. The van der Waals surface area contributed by atoms with E-state index in [4.69, 9.17) is 4.74 Å². The van der Waals surface area contributed by atoms with E-state index in [1.165, 1.54) is 12.1 Å². The van der Waals surface area contributed by atoms with Crippen LogP contribution in [0.3, 0.4) is 0 Å². The van der Waals surface area contributed by atoms with Crippen LogP contribution in [-0.2, 0) is 14.3 Å². The van der Waals surface area contributed by atoms with Crippen molar-refractivity contribution in [1.82, 2.24) is 0 Å². The van der Waals surface area contributed by atoms with E-state index in [2.05, 4.69) is 6.92 Å². The van der Waals surface area contributed by atoms with Crippen LogP contribution in [0.4, 0.5) is 10.1 Å². The van der Waals surface area contributed by atoms with Gasteiger partial charge in [-0.15, -0.1) is 0 Å². The van der Waals surface area contributed by atoms with Crippen molar-refractivity contribution in [1.29, 1.82) is 0 Å². The molecular formula is C18H22FNO3. The molecule has 1 aromatic carbocycles. The second kappa shape index (κ2) is 5.95. The Kier molecular flexibility index (Phi) is 4.13. The first-order chi connectivity index (χ1) is 11.0. The third-order valence-corrected chi connectivity index (χ3v) is 5.11. The van der Waals surface area contributed by atoms with Crippen molar-refractivity contribution in [3.05, 3.63) is 29.6 Å². The summed E-state index contributed by atoms with van der Waals surface area (Å²) in [7, 11) is 0. The molecule has 1 aliphatic heterocycles. The minimum atomic E-state index is -0.830. The topological polar surface area (TPSA) is 46.6 Å². The molecule has 0 aromatic heterocycles. The lowest BCUT2D eigenvalue weighted by molar-refractivity contribution is -0.154. The van der Waals surface area contributed by atoms with Crippen LogP contribution in [0.15, 0.2) is 18.2 Å². The van der Waals surface area contributed by atoms with Crippen LogP contribution in [0.1, 0.15) is 57.4 Å². The van der Waals surface area contributed by atoms with E-state index in [9.17, 15) is 14.0 Å². The summed E-state index contributed by atoms with van der Waals surface area (Å²) in [6, 6.07) is 4.45. The molecule has 0 N–H and O–H groups in total. The van der Waals surface area contributed by atoms with Gasteiger partial charge < -0.3 is 4.74 Å². The number of ether oxygens (including phenoxy) is 1. The first kappa shape index (κ1) is 16.0. The minimum absolute atomic E-state index is 0.157. The smallest absolute Gasteiger partial charge is 0.397 e. The summed E-state index contributed by atoms with van der Waals surface area (Å²) in [4.78, 5) is 26.4. The largest absolute Gasteiger partial charge is 0.459 e. The lowest BCUT2D eigenvalue weighted by atomic mass is 9.76. The quantitative estimate of drug-likeness (QED) is 0.587. The summed E-state index contributed by atoms with van der Waals surface area (Å²) >= 11 is 0. The van der Waals surface area contributed by atoms with Gasteiger partial charge in [-0.3, -0.25) is 9.69 Å². The van der Waals surface area contributed by atoms with Crippen LogP contribution >= 0.6 is 0 Å². The van der Waals surface area contributed by atoms with Gasteiger partial charge >= 0.3 is 11.9 Å². The highest BCUT2D eigenvalue weighted by molar-refractivity contribution is 6.38. The van der Waals surface area contributed by atoms with Gasteiger partial charge in [0.05, 0.1) is 6.61 Å². The summed E-state index contributed by atoms with van der Waals surface area (Å²) in [6.07, 6.45) is 4.58. The Bertz CT molecular complexity index is 637. The Morgan fingerprint density at radius 3 is 2.70 bits per heavy atom. The maximum absolute atomic E-state index is 13.6. The normalized spacial score (nSPS) is 22.0. The number of hydrogen-bond donors (Lipinski definition) is 0. The molecule has 2 aliphatic rings. The standard InChI is InChI=1S/C18H22FNO3/c1-3-23-17(22)16(21)20-15-7-6-13(19)10-14(15)12(2)11-18(20)8-4-5-9-18/h6-7,10,12H,3-5,8-9,11H2,1-2H3. The number of hydrogen-bond acceptors (Lipinski definition) is 3. The number of halogens is 1. The average Bonchev–Trinajstić information content (AvgIpc) is 2.96. The monoisotopic (exact) mass is 319 g/mol. The molecule has 1 spiro atoms. The van der Waals surface area contributed by atoms with Crippen molar-refractivity contribution in [3.8, 4) is 0 Å². The van der Waals surface area contributed by atoms with Crippen LogP contribution in [-0.4, -0.2) is 24.0 Å². The maximum atomic E-state index is 13.6. The van der Waals surface area contributed by atoms with Crippen molar-refractivity contribution < 1.29 is 18.7 Å². The summed E-state index contributed by atoms with van der Waals surface area (Å²) in [5.74, 6) is -1.62. The van der Waals surface area contributed by atoms with Crippen molar-refractivity contribution in [2.45, 2.75) is 57.4 Å². The van der Waals surface area contributed by atoms with Gasteiger partial charge in [-0.25, -0.2) is 9.18 Å². The molecule has 23 heavy (non-hydrogen) atoms. The van der Waals surface area contributed by atoms with Crippen LogP contribution in [0.2, 0.25) is 0 Å². The molecule has 1 fully saturated rings. The Morgan fingerprint density at radius 1 is 1.35 bits per heavy atom. The van der Waals surface area contributed by atoms with Crippen LogP contribution in [0, 0.1) is 5.82 Å². The fraction of sp³-hybridized carbons (Fsp3) is 0.556. The van der Waals surface area contributed by atoms with Crippen LogP contribution in [0.5, 0.6) is 0 Å². The molecule has 1 saturated carbocycles. The van der Waals surface area contributed by atoms with Crippen molar-refractivity contribution in [2.75, 3.05) is 11.5 Å². The molecule has 5 heteroatoms. The van der Waals surface area contributed by atoms with E-state index in [1.54, 1.807) is 17.9 Å². The Hall–Kier alpha value is -1.91. The molecular weight excluding hydrogens is 297 g/mol. The van der Waals surface area contributed by atoms with Gasteiger partial charge in [0.1, 0.15) is 5.82 Å². The molecule has 0 bridgehead atoms. The zero-order valence-corrected chi connectivity index (χ0v) is 13.6. The highest BCUT2D eigenvalue weighted by Crippen LogP contribution is 2.50. The molecule has 1 aromatic rings. The number of anilines is 1. The SMILES string of the molecule is CCOC(=O)C(=O)N1c2ccc(F)cc2C(C)CC12CCCC2. The first-order valence-electron chi connectivity index (χ1n) is 8.29. The highest BCUT2D eigenvalue weighted by Gasteiger charge is 2.49. The molecule has 1 atom stereocenters. The molecule has 1 aliphatic carbocycles. The summed E-state index contributed by atoms with van der Waals surface area (Å²) in [5, 5.41) is 0. The highest BCUT2D eigenvalue weighted by atomic mass is 19.1. The van der Waals surface area contributed by atoms with E-state index in [1.807, 2.05) is 0 Å². The fourth-order valence-corrected chi connectivity index (χ4v) is 4.22. The number of benzene rings is 1. The second-order valence-corrected chi connectivity index (χ2v) is 6.60.